The molecule has 0 amide bonds. The second-order valence-electron chi connectivity index (χ2n) is 4.92. The Morgan fingerprint density at radius 1 is 1.30 bits per heavy atom. The van der Waals surface area contributed by atoms with Crippen molar-refractivity contribution in [2.24, 2.45) is 0 Å². The molecule has 1 fully saturated rings. The number of carbonyl (C=O) groups is 1. The number of para-hydroxylation sites is 1. The van der Waals surface area contributed by atoms with Crippen molar-refractivity contribution in [3.05, 3.63) is 29.8 Å². The molecule has 0 spiro atoms. The third kappa shape index (κ3) is 4.32. The van der Waals surface area contributed by atoms with Crippen molar-refractivity contribution < 1.29 is 14.3 Å². The lowest BCUT2D eigenvalue weighted by molar-refractivity contribution is 0.0313. The average molecular weight is 277 g/mol. The van der Waals surface area contributed by atoms with Crippen molar-refractivity contribution in [2.45, 2.75) is 32.3 Å². The highest BCUT2D eigenvalue weighted by atomic mass is 16.5. The van der Waals surface area contributed by atoms with Gasteiger partial charge in [-0.2, -0.15) is 0 Å². The van der Waals surface area contributed by atoms with Crippen LogP contribution in [0, 0.1) is 0 Å². The molecular weight excluding hydrogens is 254 g/mol. The van der Waals surface area contributed by atoms with Crippen LogP contribution in [0.2, 0.25) is 0 Å². The second kappa shape index (κ2) is 8.02. The number of hydrogen-bond donors (Lipinski definition) is 1. The molecule has 1 N–H and O–H groups in total. The van der Waals surface area contributed by atoms with E-state index in [1.54, 1.807) is 0 Å². The van der Waals surface area contributed by atoms with Crippen LogP contribution in [0.15, 0.2) is 24.3 Å². The summed E-state index contributed by atoms with van der Waals surface area (Å²) in [6, 6.07) is 7.40. The average Bonchev–Trinajstić information content (AvgIpc) is 2.49. The van der Waals surface area contributed by atoms with Crippen LogP contribution in [0.25, 0.3) is 0 Å². The van der Waals surface area contributed by atoms with Gasteiger partial charge >= 0.3 is 0 Å². The standard InChI is InChI=1S/C16H23NO3/c1-2-19-16-6-4-3-5-14(16)15(18)9-12-20-13-7-10-17-11-8-13/h3-6,13,17H,2,7-12H2,1H3. The van der Waals surface area contributed by atoms with Crippen molar-refractivity contribution in [1.82, 2.24) is 5.32 Å². The molecule has 1 aliphatic rings. The largest absolute Gasteiger partial charge is 0.493 e. The van der Waals surface area contributed by atoms with E-state index in [2.05, 4.69) is 5.32 Å². The minimum atomic E-state index is 0.0861. The fourth-order valence-electron chi connectivity index (χ4n) is 2.39. The van der Waals surface area contributed by atoms with Gasteiger partial charge in [-0.1, -0.05) is 12.1 Å². The van der Waals surface area contributed by atoms with Gasteiger partial charge in [0.15, 0.2) is 5.78 Å². The SMILES string of the molecule is CCOc1ccccc1C(=O)CCOC1CCNCC1. The Bertz CT molecular complexity index is 427. The van der Waals surface area contributed by atoms with Crippen LogP contribution in [-0.2, 0) is 4.74 Å². The summed E-state index contributed by atoms with van der Waals surface area (Å²) >= 11 is 0. The number of nitrogens with one attached hydrogen (secondary N) is 1. The number of ketones is 1. The predicted octanol–water partition coefficient (Wildman–Crippen LogP) is 2.43. The molecule has 4 nitrogen and oxygen atoms in total. The summed E-state index contributed by atoms with van der Waals surface area (Å²) in [7, 11) is 0. The molecule has 110 valence electrons. The van der Waals surface area contributed by atoms with E-state index < -0.39 is 0 Å². The Morgan fingerprint density at radius 3 is 2.80 bits per heavy atom. The number of carbonyl (C=O) groups excluding carboxylic acids is 1. The van der Waals surface area contributed by atoms with Crippen LogP contribution in [0.4, 0.5) is 0 Å². The van der Waals surface area contributed by atoms with Gasteiger partial charge in [-0.3, -0.25) is 4.79 Å². The van der Waals surface area contributed by atoms with Crippen LogP contribution in [0.5, 0.6) is 5.75 Å². The lowest BCUT2D eigenvalue weighted by Crippen LogP contribution is -2.32. The zero-order valence-corrected chi connectivity index (χ0v) is 12.1. The Labute approximate surface area is 120 Å². The highest BCUT2D eigenvalue weighted by Crippen LogP contribution is 2.20. The molecule has 0 atom stereocenters. The quantitative estimate of drug-likeness (QED) is 0.778. The van der Waals surface area contributed by atoms with Crippen LogP contribution >= 0.6 is 0 Å². The number of ether oxygens (including phenoxy) is 2. The molecule has 0 aliphatic carbocycles. The van der Waals surface area contributed by atoms with Crippen molar-refractivity contribution in [3.8, 4) is 5.75 Å². The van der Waals surface area contributed by atoms with Crippen LogP contribution < -0.4 is 10.1 Å². The van der Waals surface area contributed by atoms with Gasteiger partial charge in [0.25, 0.3) is 0 Å². The monoisotopic (exact) mass is 277 g/mol. The molecule has 4 heteroatoms. The summed E-state index contributed by atoms with van der Waals surface area (Å²) in [6.45, 7) is 4.98. The second-order valence-corrected chi connectivity index (χ2v) is 4.92. The number of hydrogen-bond acceptors (Lipinski definition) is 4. The van der Waals surface area contributed by atoms with Gasteiger partial charge in [0.1, 0.15) is 5.75 Å². The zero-order valence-electron chi connectivity index (χ0n) is 12.1. The number of benzene rings is 1. The smallest absolute Gasteiger partial charge is 0.168 e. The third-order valence-electron chi connectivity index (χ3n) is 3.46. The van der Waals surface area contributed by atoms with Gasteiger partial charge in [-0.15, -0.1) is 0 Å². The van der Waals surface area contributed by atoms with E-state index in [1.807, 2.05) is 31.2 Å². The van der Waals surface area contributed by atoms with Crippen molar-refractivity contribution in [2.75, 3.05) is 26.3 Å². The Kier molecular flexibility index (Phi) is 6.02. The summed E-state index contributed by atoms with van der Waals surface area (Å²) < 4.78 is 11.3. The molecular formula is C16H23NO3. The van der Waals surface area contributed by atoms with E-state index >= 15 is 0 Å². The van der Waals surface area contributed by atoms with E-state index in [4.69, 9.17) is 9.47 Å². The minimum Gasteiger partial charge on any atom is -0.493 e. The maximum Gasteiger partial charge on any atom is 0.168 e. The van der Waals surface area contributed by atoms with Gasteiger partial charge in [0.05, 0.1) is 24.9 Å². The molecule has 1 aromatic carbocycles. The normalized spacial score (nSPS) is 16.1. The van der Waals surface area contributed by atoms with E-state index in [1.165, 1.54) is 0 Å². The van der Waals surface area contributed by atoms with E-state index in [0.29, 0.717) is 37.1 Å². The molecule has 0 saturated carbocycles. The maximum absolute atomic E-state index is 12.2. The van der Waals surface area contributed by atoms with Gasteiger partial charge in [0.2, 0.25) is 0 Å². The zero-order chi connectivity index (χ0) is 14.2. The predicted molar refractivity (Wildman–Crippen MR) is 78.4 cm³/mol. The first-order valence-electron chi connectivity index (χ1n) is 7.38. The Hall–Kier alpha value is -1.39. The molecule has 2 rings (SSSR count). The first-order chi connectivity index (χ1) is 9.81. The summed E-state index contributed by atoms with van der Waals surface area (Å²) in [5, 5.41) is 3.30. The van der Waals surface area contributed by atoms with Gasteiger partial charge in [-0.25, -0.2) is 0 Å². The fourth-order valence-corrected chi connectivity index (χ4v) is 2.39. The first-order valence-corrected chi connectivity index (χ1v) is 7.38. The van der Waals surface area contributed by atoms with Gasteiger partial charge in [0, 0.05) is 6.42 Å². The summed E-state index contributed by atoms with van der Waals surface area (Å²) in [6.07, 6.45) is 2.77. The number of piperidine rings is 1. The molecule has 0 unspecified atom stereocenters. The highest BCUT2D eigenvalue weighted by molar-refractivity contribution is 5.98. The minimum absolute atomic E-state index is 0.0861. The van der Waals surface area contributed by atoms with Gasteiger partial charge < -0.3 is 14.8 Å². The topological polar surface area (TPSA) is 47.6 Å². The lowest BCUT2D eigenvalue weighted by atomic mass is 10.1. The molecule has 1 heterocycles. The van der Waals surface area contributed by atoms with Crippen LogP contribution in [-0.4, -0.2) is 38.2 Å². The van der Waals surface area contributed by atoms with E-state index in [9.17, 15) is 4.79 Å². The molecule has 1 aromatic rings. The van der Waals surface area contributed by atoms with Crippen molar-refractivity contribution in [3.63, 3.8) is 0 Å². The third-order valence-corrected chi connectivity index (χ3v) is 3.46. The van der Waals surface area contributed by atoms with Crippen LogP contribution in [0.1, 0.15) is 36.5 Å². The fraction of sp³-hybridized carbons (Fsp3) is 0.562. The Balaban J connectivity index is 1.82. The molecule has 0 bridgehead atoms. The first kappa shape index (κ1) is 15.0. The van der Waals surface area contributed by atoms with Gasteiger partial charge in [-0.05, 0) is 45.0 Å². The van der Waals surface area contributed by atoms with Crippen LogP contribution in [0.3, 0.4) is 0 Å². The molecule has 0 radical (unpaired) electrons. The maximum atomic E-state index is 12.2. The highest BCUT2D eigenvalue weighted by Gasteiger charge is 2.15. The van der Waals surface area contributed by atoms with E-state index in [-0.39, 0.29) is 5.78 Å². The summed E-state index contributed by atoms with van der Waals surface area (Å²) in [4.78, 5) is 12.2. The number of Topliss-reactive ketones (excluding diaryl/α,β-unsaturated/α-hetero) is 1. The van der Waals surface area contributed by atoms with Crippen molar-refractivity contribution in [1.29, 1.82) is 0 Å². The molecule has 0 aromatic heterocycles. The number of rotatable bonds is 7. The summed E-state index contributed by atoms with van der Waals surface area (Å²) in [5.41, 5.74) is 0.656. The Morgan fingerprint density at radius 2 is 2.05 bits per heavy atom. The summed E-state index contributed by atoms with van der Waals surface area (Å²) in [5.74, 6) is 0.754. The van der Waals surface area contributed by atoms with Crippen molar-refractivity contribution >= 4 is 5.78 Å². The van der Waals surface area contributed by atoms with E-state index in [0.717, 1.165) is 25.9 Å². The molecule has 1 saturated heterocycles. The lowest BCUT2D eigenvalue weighted by Gasteiger charge is -2.22. The molecule has 1 aliphatic heterocycles. The molecule has 20 heavy (non-hydrogen) atoms.